The first-order valence-corrected chi connectivity index (χ1v) is 11.0. The average Bonchev–Trinajstić information content (AvgIpc) is 2.91. The van der Waals surface area contributed by atoms with Crippen LogP contribution in [-0.4, -0.2) is 6.54 Å². The number of nitrogens with two attached hydrogens (primary N) is 1. The maximum atomic E-state index is 6.15. The van der Waals surface area contributed by atoms with Gasteiger partial charge in [0, 0.05) is 17.9 Å². The topological polar surface area (TPSA) is 38.0 Å². The van der Waals surface area contributed by atoms with E-state index in [4.69, 9.17) is 5.73 Å². The third-order valence-corrected chi connectivity index (χ3v) is 6.39. The average molecular weight is 397 g/mol. The molecule has 0 atom stereocenters. The number of hydrogen-bond acceptors (Lipinski definition) is 2. The molecular formula is C28H32N2. The largest absolute Gasteiger partial charge is 0.399 e. The molecule has 0 spiro atoms. The fourth-order valence-electron chi connectivity index (χ4n) is 4.66. The number of benzene rings is 3. The van der Waals surface area contributed by atoms with Crippen LogP contribution in [0, 0.1) is 20.8 Å². The number of anilines is 2. The molecule has 3 aromatic rings. The van der Waals surface area contributed by atoms with Crippen LogP contribution in [0.25, 0.3) is 11.1 Å². The van der Waals surface area contributed by atoms with Crippen molar-refractivity contribution in [1.29, 1.82) is 0 Å². The fourth-order valence-corrected chi connectivity index (χ4v) is 4.66. The summed E-state index contributed by atoms with van der Waals surface area (Å²) in [5.74, 6) is 0. The molecule has 0 heterocycles. The zero-order chi connectivity index (χ0) is 21.3. The molecule has 4 rings (SSSR count). The van der Waals surface area contributed by atoms with Crippen molar-refractivity contribution >= 4 is 22.5 Å². The van der Waals surface area contributed by atoms with Gasteiger partial charge in [0.15, 0.2) is 0 Å². The lowest BCUT2D eigenvalue weighted by atomic mass is 9.85. The van der Waals surface area contributed by atoms with Crippen molar-refractivity contribution < 1.29 is 0 Å². The first kappa shape index (κ1) is 20.3. The smallest absolute Gasteiger partial charge is 0.0372 e. The second kappa shape index (κ2) is 8.39. The summed E-state index contributed by atoms with van der Waals surface area (Å²) in [6.07, 6.45) is 3.26. The van der Waals surface area contributed by atoms with E-state index in [1.807, 2.05) is 6.07 Å². The van der Waals surface area contributed by atoms with E-state index in [2.05, 4.69) is 81.5 Å². The molecule has 0 aliphatic heterocycles. The third-order valence-electron chi connectivity index (χ3n) is 6.39. The van der Waals surface area contributed by atoms with Gasteiger partial charge in [-0.1, -0.05) is 42.0 Å². The van der Waals surface area contributed by atoms with Crippen LogP contribution in [0.2, 0.25) is 0 Å². The maximum Gasteiger partial charge on any atom is 0.0372 e. The molecule has 0 saturated carbocycles. The molecule has 0 unspecified atom stereocenters. The first-order chi connectivity index (χ1) is 14.5. The minimum atomic E-state index is 0.850. The number of fused-ring (bicyclic) bond motifs is 1. The van der Waals surface area contributed by atoms with Crippen LogP contribution in [-0.2, 0) is 6.42 Å². The van der Waals surface area contributed by atoms with Crippen molar-refractivity contribution in [2.45, 2.75) is 47.0 Å². The van der Waals surface area contributed by atoms with Crippen LogP contribution in [0.4, 0.5) is 11.4 Å². The van der Waals surface area contributed by atoms with Crippen molar-refractivity contribution in [3.05, 3.63) is 93.5 Å². The van der Waals surface area contributed by atoms with Crippen molar-refractivity contribution in [3.8, 4) is 0 Å². The third kappa shape index (κ3) is 3.75. The van der Waals surface area contributed by atoms with E-state index in [0.717, 1.165) is 31.5 Å². The molecule has 0 saturated heterocycles. The van der Waals surface area contributed by atoms with Gasteiger partial charge in [0.2, 0.25) is 0 Å². The zero-order valence-corrected chi connectivity index (χ0v) is 18.6. The highest BCUT2D eigenvalue weighted by Gasteiger charge is 2.22. The summed E-state index contributed by atoms with van der Waals surface area (Å²) >= 11 is 0. The van der Waals surface area contributed by atoms with Gasteiger partial charge in [-0.2, -0.15) is 0 Å². The number of rotatable bonds is 4. The quantitative estimate of drug-likeness (QED) is 0.470. The molecule has 2 nitrogen and oxygen atoms in total. The minimum Gasteiger partial charge on any atom is -0.399 e. The highest BCUT2D eigenvalue weighted by atomic mass is 14.9. The lowest BCUT2D eigenvalue weighted by Crippen LogP contribution is -2.03. The Labute approximate surface area is 180 Å². The Hall–Kier alpha value is -3.00. The van der Waals surface area contributed by atoms with Crippen LogP contribution in [0.5, 0.6) is 0 Å². The lowest BCUT2D eigenvalue weighted by molar-refractivity contribution is 0.860. The Bertz CT molecular complexity index is 1100. The van der Waals surface area contributed by atoms with E-state index in [1.165, 1.54) is 55.8 Å². The monoisotopic (exact) mass is 396 g/mol. The molecule has 1 aliphatic rings. The summed E-state index contributed by atoms with van der Waals surface area (Å²) in [6, 6.07) is 20.0. The normalized spacial score (nSPS) is 13.7. The summed E-state index contributed by atoms with van der Waals surface area (Å²) in [4.78, 5) is 0. The van der Waals surface area contributed by atoms with Crippen LogP contribution in [0.15, 0.2) is 54.6 Å². The molecule has 3 aromatic carbocycles. The van der Waals surface area contributed by atoms with Gasteiger partial charge in [0.1, 0.15) is 0 Å². The van der Waals surface area contributed by atoms with Gasteiger partial charge in [0.25, 0.3) is 0 Å². The molecule has 1 aliphatic carbocycles. The van der Waals surface area contributed by atoms with Crippen molar-refractivity contribution in [3.63, 3.8) is 0 Å². The van der Waals surface area contributed by atoms with Crippen LogP contribution in [0.1, 0.15) is 58.7 Å². The highest BCUT2D eigenvalue weighted by Crippen LogP contribution is 2.42. The summed E-state index contributed by atoms with van der Waals surface area (Å²) in [5.41, 5.74) is 20.4. The van der Waals surface area contributed by atoms with E-state index in [1.54, 1.807) is 0 Å². The number of allylic oxidation sites excluding steroid dienone is 1. The van der Waals surface area contributed by atoms with Crippen LogP contribution >= 0.6 is 0 Å². The molecule has 0 bridgehead atoms. The van der Waals surface area contributed by atoms with E-state index >= 15 is 0 Å². The Morgan fingerprint density at radius 1 is 0.833 bits per heavy atom. The predicted octanol–water partition coefficient (Wildman–Crippen LogP) is 6.92. The van der Waals surface area contributed by atoms with Gasteiger partial charge in [-0.05, 0) is 110 Å². The van der Waals surface area contributed by atoms with Gasteiger partial charge < -0.3 is 11.1 Å². The number of nitrogen functional groups attached to an aromatic ring is 1. The lowest BCUT2D eigenvalue weighted by Gasteiger charge is -2.20. The van der Waals surface area contributed by atoms with Crippen LogP contribution < -0.4 is 11.1 Å². The van der Waals surface area contributed by atoms with E-state index < -0.39 is 0 Å². The van der Waals surface area contributed by atoms with E-state index in [0.29, 0.717) is 0 Å². The molecule has 0 aromatic heterocycles. The van der Waals surface area contributed by atoms with Gasteiger partial charge in [-0.25, -0.2) is 0 Å². The highest BCUT2D eigenvalue weighted by molar-refractivity contribution is 6.01. The molecule has 0 fully saturated rings. The molecule has 3 N–H and O–H groups in total. The summed E-state index contributed by atoms with van der Waals surface area (Å²) < 4.78 is 0. The van der Waals surface area contributed by atoms with E-state index in [-0.39, 0.29) is 0 Å². The number of hydrogen-bond donors (Lipinski definition) is 2. The molecule has 0 amide bonds. The fraction of sp³-hybridized carbons (Fsp3) is 0.286. The first-order valence-electron chi connectivity index (χ1n) is 11.0. The van der Waals surface area contributed by atoms with Gasteiger partial charge >= 0.3 is 0 Å². The van der Waals surface area contributed by atoms with Gasteiger partial charge in [-0.3, -0.25) is 0 Å². The SMILES string of the molecule is CCNc1ccc(C2=C(c3ccc(C)cc3)c3ccc(N)cc3CCC2)c(C)c1C. The minimum absolute atomic E-state index is 0.850. The number of nitrogens with one attached hydrogen (secondary N) is 1. The molecule has 154 valence electrons. The molecule has 30 heavy (non-hydrogen) atoms. The van der Waals surface area contributed by atoms with Gasteiger partial charge in [0.05, 0.1) is 0 Å². The Kier molecular flexibility index (Phi) is 5.67. The Morgan fingerprint density at radius 2 is 1.57 bits per heavy atom. The second-order valence-electron chi connectivity index (χ2n) is 8.43. The zero-order valence-electron chi connectivity index (χ0n) is 18.6. The second-order valence-corrected chi connectivity index (χ2v) is 8.43. The van der Waals surface area contributed by atoms with Crippen molar-refractivity contribution in [2.75, 3.05) is 17.6 Å². The Morgan fingerprint density at radius 3 is 2.30 bits per heavy atom. The standard InChI is InChI=1S/C28H32N2/c1-5-30-27-16-15-24(19(3)20(27)4)26-8-6-7-22-17-23(29)13-14-25(22)28(26)21-11-9-18(2)10-12-21/h9-17,30H,5-8,29H2,1-4H3. The summed E-state index contributed by atoms with van der Waals surface area (Å²) in [6.45, 7) is 9.72. The summed E-state index contributed by atoms with van der Waals surface area (Å²) in [7, 11) is 0. The molecule has 0 radical (unpaired) electrons. The molecule has 2 heteroatoms. The maximum absolute atomic E-state index is 6.15. The predicted molar refractivity (Wildman–Crippen MR) is 131 cm³/mol. The van der Waals surface area contributed by atoms with Crippen molar-refractivity contribution in [2.24, 2.45) is 0 Å². The van der Waals surface area contributed by atoms with Crippen LogP contribution in [0.3, 0.4) is 0 Å². The van der Waals surface area contributed by atoms with Crippen molar-refractivity contribution in [1.82, 2.24) is 0 Å². The Balaban J connectivity index is 2.00. The molecular weight excluding hydrogens is 364 g/mol. The van der Waals surface area contributed by atoms with E-state index in [9.17, 15) is 0 Å². The van der Waals surface area contributed by atoms with Gasteiger partial charge in [-0.15, -0.1) is 0 Å². The summed E-state index contributed by atoms with van der Waals surface area (Å²) in [5, 5.41) is 3.50. The number of aryl methyl sites for hydroxylation is 2.